The molecule has 218 valence electrons. The highest BCUT2D eigenvalue weighted by Crippen LogP contribution is 2.46. The van der Waals surface area contributed by atoms with Gasteiger partial charge in [0.1, 0.15) is 16.8 Å². The summed E-state index contributed by atoms with van der Waals surface area (Å²) in [6.07, 6.45) is 4.42. The number of fused-ring (bicyclic) bond motifs is 3. The number of rotatable bonds is 9. The van der Waals surface area contributed by atoms with Gasteiger partial charge in [-0.05, 0) is 61.3 Å². The van der Waals surface area contributed by atoms with Gasteiger partial charge in [-0.25, -0.2) is 4.39 Å². The van der Waals surface area contributed by atoms with Crippen LogP contribution in [-0.4, -0.2) is 67.6 Å². The summed E-state index contributed by atoms with van der Waals surface area (Å²) in [5.41, 5.74) is 0.624. The third-order valence-electron chi connectivity index (χ3n) is 7.86. The maximum absolute atomic E-state index is 15.7. The summed E-state index contributed by atoms with van der Waals surface area (Å²) < 4.78 is 23.8. The SMILES string of the molecule is CNC(=N)NCCCNC(=O)c1cn2c3c(c(NCCN4CCCC4)c(F)cc3c1=O)Oc1cc3ccccc3cc1-2. The fourth-order valence-corrected chi connectivity index (χ4v) is 5.66. The van der Waals surface area contributed by atoms with Crippen LogP contribution in [0.5, 0.6) is 11.5 Å². The molecule has 11 heteroatoms. The van der Waals surface area contributed by atoms with Crippen molar-refractivity contribution in [2.24, 2.45) is 0 Å². The Bertz CT molecular complexity index is 1750. The third kappa shape index (κ3) is 5.23. The Morgan fingerprint density at radius 1 is 1.05 bits per heavy atom. The van der Waals surface area contributed by atoms with E-state index < -0.39 is 17.2 Å². The van der Waals surface area contributed by atoms with Crippen molar-refractivity contribution in [3.8, 4) is 17.2 Å². The minimum absolute atomic E-state index is 0.0724. The number of anilines is 1. The number of hydrogen-bond donors (Lipinski definition) is 5. The summed E-state index contributed by atoms with van der Waals surface area (Å²) in [6, 6.07) is 12.9. The lowest BCUT2D eigenvalue weighted by atomic mass is 10.0. The molecule has 10 nitrogen and oxygen atoms in total. The van der Waals surface area contributed by atoms with Crippen molar-refractivity contribution in [2.75, 3.05) is 51.6 Å². The zero-order valence-electron chi connectivity index (χ0n) is 23.5. The molecule has 3 heterocycles. The number of carbonyl (C=O) groups excluding carboxylic acids is 1. The molecule has 6 rings (SSSR count). The molecule has 1 aromatic heterocycles. The van der Waals surface area contributed by atoms with E-state index in [0.717, 1.165) is 30.4 Å². The quantitative estimate of drug-likeness (QED) is 0.104. The van der Waals surface area contributed by atoms with Crippen LogP contribution in [-0.2, 0) is 0 Å². The van der Waals surface area contributed by atoms with Crippen molar-refractivity contribution in [1.29, 1.82) is 5.41 Å². The van der Waals surface area contributed by atoms with Gasteiger partial charge in [-0.15, -0.1) is 0 Å². The number of nitrogens with one attached hydrogen (secondary N) is 5. The summed E-state index contributed by atoms with van der Waals surface area (Å²) in [6.45, 7) is 4.14. The Balaban J connectivity index is 1.39. The lowest BCUT2D eigenvalue weighted by Crippen LogP contribution is -2.36. The Kier molecular flexibility index (Phi) is 7.66. The number of amides is 1. The number of guanidine groups is 1. The van der Waals surface area contributed by atoms with Gasteiger partial charge in [0.2, 0.25) is 5.43 Å². The molecule has 0 atom stereocenters. The van der Waals surface area contributed by atoms with Crippen LogP contribution in [0, 0.1) is 11.2 Å². The van der Waals surface area contributed by atoms with Gasteiger partial charge in [-0.3, -0.25) is 15.0 Å². The first-order valence-electron chi connectivity index (χ1n) is 14.3. The average molecular weight is 572 g/mol. The molecule has 3 aromatic carbocycles. The molecule has 0 spiro atoms. The van der Waals surface area contributed by atoms with E-state index in [1.54, 1.807) is 11.6 Å². The maximum Gasteiger partial charge on any atom is 0.256 e. The molecule has 0 aliphatic carbocycles. The molecule has 0 unspecified atom stereocenters. The predicted molar refractivity (Wildman–Crippen MR) is 163 cm³/mol. The molecule has 4 aromatic rings. The number of hydrogen-bond acceptors (Lipinski definition) is 6. The van der Waals surface area contributed by atoms with E-state index in [9.17, 15) is 9.59 Å². The van der Waals surface area contributed by atoms with Gasteiger partial charge in [0, 0.05) is 39.4 Å². The lowest BCUT2D eigenvalue weighted by molar-refractivity contribution is 0.0952. The molecular weight excluding hydrogens is 537 g/mol. The second-order valence-electron chi connectivity index (χ2n) is 10.6. The number of likely N-dealkylation sites (tertiary alicyclic amines) is 1. The van der Waals surface area contributed by atoms with Crippen LogP contribution in [0.2, 0.25) is 0 Å². The van der Waals surface area contributed by atoms with Crippen molar-refractivity contribution < 1.29 is 13.9 Å². The highest BCUT2D eigenvalue weighted by atomic mass is 19.1. The molecule has 0 saturated carbocycles. The van der Waals surface area contributed by atoms with Crippen molar-refractivity contribution >= 4 is 39.2 Å². The first-order chi connectivity index (χ1) is 20.4. The van der Waals surface area contributed by atoms with Gasteiger partial charge < -0.3 is 35.5 Å². The first kappa shape index (κ1) is 27.5. The number of pyridine rings is 1. The van der Waals surface area contributed by atoms with Crippen molar-refractivity contribution in [3.05, 3.63) is 70.3 Å². The topological polar surface area (TPSA) is 124 Å². The second-order valence-corrected chi connectivity index (χ2v) is 10.6. The highest BCUT2D eigenvalue weighted by Gasteiger charge is 2.29. The Morgan fingerprint density at radius 2 is 1.79 bits per heavy atom. The fourth-order valence-electron chi connectivity index (χ4n) is 5.66. The summed E-state index contributed by atoms with van der Waals surface area (Å²) in [5.74, 6) is -0.232. The summed E-state index contributed by atoms with van der Waals surface area (Å²) >= 11 is 0. The Labute approximate surface area is 242 Å². The monoisotopic (exact) mass is 571 g/mol. The minimum Gasteiger partial charge on any atom is -0.451 e. The van der Waals surface area contributed by atoms with Gasteiger partial charge >= 0.3 is 0 Å². The van der Waals surface area contributed by atoms with Crippen LogP contribution >= 0.6 is 0 Å². The minimum atomic E-state index is -0.609. The maximum atomic E-state index is 15.7. The largest absolute Gasteiger partial charge is 0.451 e. The van der Waals surface area contributed by atoms with Gasteiger partial charge in [0.15, 0.2) is 23.3 Å². The smallest absolute Gasteiger partial charge is 0.256 e. The number of ether oxygens (including phenoxy) is 1. The van der Waals surface area contributed by atoms with Crippen molar-refractivity contribution in [1.82, 2.24) is 25.4 Å². The van der Waals surface area contributed by atoms with Crippen LogP contribution in [0.3, 0.4) is 0 Å². The van der Waals surface area contributed by atoms with Crippen molar-refractivity contribution in [2.45, 2.75) is 19.3 Å². The Morgan fingerprint density at radius 3 is 2.55 bits per heavy atom. The van der Waals surface area contributed by atoms with Crippen molar-refractivity contribution in [3.63, 3.8) is 0 Å². The van der Waals surface area contributed by atoms with Crippen LogP contribution in [0.15, 0.2) is 53.5 Å². The van der Waals surface area contributed by atoms with E-state index in [-0.39, 0.29) is 28.3 Å². The molecule has 2 aliphatic heterocycles. The van der Waals surface area contributed by atoms with Crippen LogP contribution in [0.4, 0.5) is 10.1 Å². The molecule has 1 saturated heterocycles. The zero-order valence-corrected chi connectivity index (χ0v) is 23.5. The summed E-state index contributed by atoms with van der Waals surface area (Å²) in [5, 5.41) is 21.1. The standard InChI is InChI=1S/C31H34FN7O3/c1-34-31(33)37-10-6-9-36-30(41)22-18-39-24-15-19-7-2-3-8-20(19)16-25(24)42-29-26(35-11-14-38-12-4-5-13-38)23(32)17-21(27(29)39)28(22)40/h2-3,7-8,15-18,35H,4-6,9-14H2,1H3,(H,36,41)(H3,33,34,37). The highest BCUT2D eigenvalue weighted by molar-refractivity contribution is 6.02. The first-order valence-corrected chi connectivity index (χ1v) is 14.3. The number of benzene rings is 3. The molecule has 1 fully saturated rings. The molecule has 5 N–H and O–H groups in total. The molecule has 1 amide bonds. The normalized spacial score (nSPS) is 14.0. The lowest BCUT2D eigenvalue weighted by Gasteiger charge is -2.27. The number of carbonyl (C=O) groups is 1. The Hall–Kier alpha value is -4.64. The third-order valence-corrected chi connectivity index (χ3v) is 7.86. The van der Waals surface area contributed by atoms with Gasteiger partial charge in [0.25, 0.3) is 5.91 Å². The summed E-state index contributed by atoms with van der Waals surface area (Å²) in [7, 11) is 1.64. The number of nitrogens with zero attached hydrogens (tertiary/aromatic N) is 2. The van der Waals surface area contributed by atoms with E-state index in [4.69, 9.17) is 10.1 Å². The molecular formula is C31H34FN7O3. The van der Waals surface area contributed by atoms with E-state index in [2.05, 4.69) is 26.2 Å². The van der Waals surface area contributed by atoms with E-state index >= 15 is 4.39 Å². The number of aromatic nitrogens is 1. The second kappa shape index (κ2) is 11.7. The average Bonchev–Trinajstić information content (AvgIpc) is 3.52. The van der Waals surface area contributed by atoms with E-state index in [1.807, 2.05) is 36.4 Å². The molecule has 0 radical (unpaired) electrons. The summed E-state index contributed by atoms with van der Waals surface area (Å²) in [4.78, 5) is 29.2. The predicted octanol–water partition coefficient (Wildman–Crippen LogP) is 3.76. The molecule has 42 heavy (non-hydrogen) atoms. The zero-order chi connectivity index (χ0) is 29.2. The van der Waals surface area contributed by atoms with Gasteiger partial charge in [-0.1, -0.05) is 24.3 Å². The number of halogens is 1. The van der Waals surface area contributed by atoms with E-state index in [1.165, 1.54) is 25.1 Å². The van der Waals surface area contributed by atoms with Gasteiger partial charge in [0.05, 0.1) is 11.1 Å². The van der Waals surface area contributed by atoms with Crippen LogP contribution in [0.1, 0.15) is 29.6 Å². The van der Waals surface area contributed by atoms with Gasteiger partial charge in [-0.2, -0.15) is 0 Å². The molecule has 2 aliphatic rings. The van der Waals surface area contributed by atoms with E-state index in [0.29, 0.717) is 43.0 Å². The van der Waals surface area contributed by atoms with Crippen LogP contribution in [0.25, 0.3) is 27.4 Å². The fraction of sp³-hybridized carbons (Fsp3) is 0.323. The van der Waals surface area contributed by atoms with Crippen LogP contribution < -0.4 is 31.4 Å². The molecule has 0 bridgehead atoms.